The third kappa shape index (κ3) is 4.07. The summed E-state index contributed by atoms with van der Waals surface area (Å²) < 4.78 is 6.31. The Hall–Kier alpha value is -3.79. The molecule has 0 saturated carbocycles. The van der Waals surface area contributed by atoms with E-state index in [9.17, 15) is 9.59 Å². The van der Waals surface area contributed by atoms with Crippen molar-refractivity contribution in [3.63, 3.8) is 0 Å². The van der Waals surface area contributed by atoms with Crippen molar-refractivity contribution in [2.45, 2.75) is 13.1 Å². The molecule has 0 saturated heterocycles. The molecule has 0 atom stereocenters. The summed E-state index contributed by atoms with van der Waals surface area (Å²) in [5.41, 5.74) is 0.934. The van der Waals surface area contributed by atoms with Crippen LogP contribution >= 0.6 is 0 Å². The van der Waals surface area contributed by atoms with Crippen LogP contribution in [0.2, 0.25) is 0 Å². The second kappa shape index (κ2) is 8.06. The molecule has 0 bridgehead atoms. The van der Waals surface area contributed by atoms with E-state index in [-0.39, 0.29) is 24.7 Å². The number of urea groups is 1. The van der Waals surface area contributed by atoms with Gasteiger partial charge in [-0.15, -0.1) is 6.42 Å². The Bertz CT molecular complexity index is 1070. The van der Waals surface area contributed by atoms with Crippen LogP contribution in [-0.4, -0.2) is 22.9 Å². The van der Waals surface area contributed by atoms with Crippen LogP contribution < -0.4 is 20.9 Å². The highest BCUT2D eigenvalue weighted by atomic mass is 16.5. The number of benzene rings is 2. The molecule has 7 nitrogen and oxygen atoms in total. The quantitative estimate of drug-likeness (QED) is 0.683. The number of nitrogens with zero attached hydrogens (tertiary/aromatic N) is 2. The zero-order valence-electron chi connectivity index (χ0n) is 14.7. The van der Waals surface area contributed by atoms with Crippen molar-refractivity contribution < 1.29 is 9.53 Å². The molecule has 0 aliphatic heterocycles. The summed E-state index contributed by atoms with van der Waals surface area (Å²) >= 11 is 0. The third-order valence-electron chi connectivity index (χ3n) is 3.95. The summed E-state index contributed by atoms with van der Waals surface area (Å²) in [6.07, 6.45) is 5.31. The molecule has 3 aromatic rings. The van der Waals surface area contributed by atoms with E-state index in [0.29, 0.717) is 27.9 Å². The van der Waals surface area contributed by atoms with E-state index in [1.165, 1.54) is 4.68 Å². The molecule has 0 radical (unpaired) electrons. The molecule has 0 aliphatic carbocycles. The van der Waals surface area contributed by atoms with Gasteiger partial charge in [0.1, 0.15) is 12.3 Å². The van der Waals surface area contributed by atoms with E-state index in [4.69, 9.17) is 11.2 Å². The number of hydrogen-bond donors (Lipinski definition) is 2. The first kappa shape index (κ1) is 18.0. The number of amides is 2. The number of terminal acetylenes is 1. The van der Waals surface area contributed by atoms with Crippen molar-refractivity contribution in [2.24, 2.45) is 0 Å². The van der Waals surface area contributed by atoms with Gasteiger partial charge in [0.25, 0.3) is 5.56 Å². The average Bonchev–Trinajstić information content (AvgIpc) is 2.70. The van der Waals surface area contributed by atoms with Gasteiger partial charge >= 0.3 is 6.03 Å². The first-order valence-electron chi connectivity index (χ1n) is 8.23. The van der Waals surface area contributed by atoms with Gasteiger partial charge in [0, 0.05) is 11.1 Å². The molecule has 3 rings (SSSR count). The fourth-order valence-corrected chi connectivity index (χ4v) is 2.64. The molecular formula is C20H18N4O3. The van der Waals surface area contributed by atoms with Crippen molar-refractivity contribution >= 4 is 22.5 Å². The summed E-state index contributed by atoms with van der Waals surface area (Å²) in [4.78, 5) is 24.6. The van der Waals surface area contributed by atoms with Crippen LogP contribution in [0, 0.1) is 12.3 Å². The Kier molecular flexibility index (Phi) is 5.38. The predicted molar refractivity (Wildman–Crippen MR) is 104 cm³/mol. The van der Waals surface area contributed by atoms with E-state index in [2.05, 4.69) is 21.7 Å². The number of hydrogen-bond acceptors (Lipinski definition) is 4. The van der Waals surface area contributed by atoms with E-state index < -0.39 is 0 Å². The second-order valence-corrected chi connectivity index (χ2v) is 5.70. The Morgan fingerprint density at radius 3 is 2.56 bits per heavy atom. The van der Waals surface area contributed by atoms with Gasteiger partial charge in [-0.1, -0.05) is 24.1 Å². The van der Waals surface area contributed by atoms with Gasteiger partial charge in [0.2, 0.25) is 0 Å². The number of methoxy groups -OCH3 is 1. The summed E-state index contributed by atoms with van der Waals surface area (Å²) in [5.74, 6) is 3.12. The van der Waals surface area contributed by atoms with Crippen LogP contribution in [-0.2, 0) is 13.1 Å². The van der Waals surface area contributed by atoms with Crippen molar-refractivity contribution in [3.05, 3.63) is 64.6 Å². The van der Waals surface area contributed by atoms with E-state index in [1.54, 1.807) is 49.6 Å². The largest absolute Gasteiger partial charge is 0.497 e. The second-order valence-electron chi connectivity index (χ2n) is 5.70. The van der Waals surface area contributed by atoms with Gasteiger partial charge < -0.3 is 15.4 Å². The minimum absolute atomic E-state index is 0.0642. The van der Waals surface area contributed by atoms with E-state index in [0.717, 1.165) is 0 Å². The lowest BCUT2D eigenvalue weighted by molar-refractivity contribution is 0.251. The van der Waals surface area contributed by atoms with Crippen LogP contribution in [0.4, 0.5) is 10.5 Å². The molecule has 0 aliphatic rings. The first-order valence-corrected chi connectivity index (χ1v) is 8.23. The summed E-state index contributed by atoms with van der Waals surface area (Å²) in [6, 6.07) is 13.7. The van der Waals surface area contributed by atoms with Gasteiger partial charge in [-0.3, -0.25) is 4.79 Å². The Morgan fingerprint density at radius 1 is 1.19 bits per heavy atom. The standard InChI is InChI=1S/C20H18N4O3/c1-3-12-24-19(25)17-7-5-4-6-16(17)18(23-24)13-21-20(26)22-14-8-10-15(27-2)11-9-14/h1,4-11H,12-13H2,2H3,(H2,21,22,26). The number of carbonyl (C=O) groups is 1. The molecule has 0 spiro atoms. The lowest BCUT2D eigenvalue weighted by Gasteiger charge is -2.11. The van der Waals surface area contributed by atoms with Gasteiger partial charge in [0.15, 0.2) is 0 Å². The molecule has 0 fully saturated rings. The average molecular weight is 362 g/mol. The summed E-state index contributed by atoms with van der Waals surface area (Å²) in [7, 11) is 1.58. The van der Waals surface area contributed by atoms with E-state index >= 15 is 0 Å². The molecule has 2 amide bonds. The van der Waals surface area contributed by atoms with Crippen LogP contribution in [0.1, 0.15) is 5.69 Å². The van der Waals surface area contributed by atoms with Crippen LogP contribution in [0.25, 0.3) is 10.8 Å². The highest BCUT2D eigenvalue weighted by Crippen LogP contribution is 2.15. The normalized spacial score (nSPS) is 10.2. The fraction of sp³-hybridized carbons (Fsp3) is 0.150. The van der Waals surface area contributed by atoms with Crippen LogP contribution in [0.15, 0.2) is 53.3 Å². The smallest absolute Gasteiger partial charge is 0.319 e. The van der Waals surface area contributed by atoms with Crippen molar-refractivity contribution in [3.8, 4) is 18.1 Å². The fourth-order valence-electron chi connectivity index (χ4n) is 2.64. The topological polar surface area (TPSA) is 85.2 Å². The highest BCUT2D eigenvalue weighted by Gasteiger charge is 2.11. The summed E-state index contributed by atoms with van der Waals surface area (Å²) in [5, 5.41) is 11.0. The monoisotopic (exact) mass is 362 g/mol. The number of carbonyl (C=O) groups excluding carboxylic acids is 1. The number of fused-ring (bicyclic) bond motifs is 1. The molecule has 0 unspecified atom stereocenters. The molecule has 1 heterocycles. The summed E-state index contributed by atoms with van der Waals surface area (Å²) in [6.45, 7) is 0.210. The Balaban J connectivity index is 1.77. The molecule has 1 aromatic heterocycles. The third-order valence-corrected chi connectivity index (χ3v) is 3.95. The minimum atomic E-state index is -0.388. The van der Waals surface area contributed by atoms with Crippen molar-refractivity contribution in [1.82, 2.24) is 15.1 Å². The maximum Gasteiger partial charge on any atom is 0.319 e. The maximum atomic E-state index is 12.4. The molecule has 2 N–H and O–H groups in total. The predicted octanol–water partition coefficient (Wildman–Crippen LogP) is 2.36. The Labute approximate surface area is 156 Å². The number of aromatic nitrogens is 2. The maximum absolute atomic E-state index is 12.4. The van der Waals surface area contributed by atoms with Crippen molar-refractivity contribution in [1.29, 1.82) is 0 Å². The molecule has 27 heavy (non-hydrogen) atoms. The number of nitrogens with one attached hydrogen (secondary N) is 2. The molecule has 7 heteroatoms. The first-order chi connectivity index (χ1) is 13.1. The lowest BCUT2D eigenvalue weighted by atomic mass is 10.1. The van der Waals surface area contributed by atoms with Gasteiger partial charge in [0.05, 0.1) is 24.7 Å². The number of rotatable bonds is 5. The van der Waals surface area contributed by atoms with Crippen LogP contribution in [0.3, 0.4) is 0 Å². The molecule has 2 aromatic carbocycles. The van der Waals surface area contributed by atoms with Crippen molar-refractivity contribution in [2.75, 3.05) is 12.4 Å². The van der Waals surface area contributed by atoms with Gasteiger partial charge in [-0.2, -0.15) is 5.10 Å². The zero-order valence-corrected chi connectivity index (χ0v) is 14.7. The Morgan fingerprint density at radius 2 is 1.89 bits per heavy atom. The van der Waals surface area contributed by atoms with E-state index in [1.807, 2.05) is 6.07 Å². The molecular weight excluding hydrogens is 344 g/mol. The minimum Gasteiger partial charge on any atom is -0.497 e. The SMILES string of the molecule is C#CCn1nc(CNC(=O)Nc2ccc(OC)cc2)c2ccccc2c1=O. The van der Waals surface area contributed by atoms with Gasteiger partial charge in [-0.25, -0.2) is 9.48 Å². The number of anilines is 1. The van der Waals surface area contributed by atoms with Crippen LogP contribution in [0.5, 0.6) is 5.75 Å². The highest BCUT2D eigenvalue weighted by molar-refractivity contribution is 5.90. The van der Waals surface area contributed by atoms with Gasteiger partial charge in [-0.05, 0) is 30.3 Å². The zero-order chi connectivity index (χ0) is 19.2. The number of ether oxygens (including phenoxy) is 1. The lowest BCUT2D eigenvalue weighted by Crippen LogP contribution is -2.31. The molecule has 136 valence electrons.